The first kappa shape index (κ1) is 21.4. The standard InChI is InChI=1S/C22H14F5N3O2/c23-14-6-5-12(11-15(14)24)8-10-30-20(13-3-1-2-4-17(13)31)29-16-7-9-28-19(22(25,26)27)18(16)21(30)32/h1-7,9,11,31H,8,10H2. The molecule has 0 aliphatic rings. The number of phenolic OH excluding ortho intramolecular Hbond substituents is 1. The fourth-order valence-electron chi connectivity index (χ4n) is 3.39. The first-order valence-corrected chi connectivity index (χ1v) is 9.36. The van der Waals surface area contributed by atoms with Crippen molar-refractivity contribution in [3.8, 4) is 17.1 Å². The Morgan fingerprint density at radius 1 is 1.00 bits per heavy atom. The third kappa shape index (κ3) is 3.91. The van der Waals surface area contributed by atoms with E-state index < -0.39 is 34.5 Å². The molecule has 10 heteroatoms. The van der Waals surface area contributed by atoms with Crippen LogP contribution in [-0.2, 0) is 19.1 Å². The second-order valence-electron chi connectivity index (χ2n) is 6.96. The minimum atomic E-state index is -4.89. The fourth-order valence-corrected chi connectivity index (χ4v) is 3.39. The van der Waals surface area contributed by atoms with Gasteiger partial charge in [0.25, 0.3) is 5.56 Å². The Bertz CT molecular complexity index is 1380. The molecule has 0 atom stereocenters. The van der Waals surface area contributed by atoms with Crippen LogP contribution in [0.4, 0.5) is 22.0 Å². The summed E-state index contributed by atoms with van der Waals surface area (Å²) in [5.41, 5.74) is -2.18. The minimum absolute atomic E-state index is 0.00744. The van der Waals surface area contributed by atoms with E-state index >= 15 is 0 Å². The van der Waals surface area contributed by atoms with Gasteiger partial charge in [-0.2, -0.15) is 13.2 Å². The Hall–Kier alpha value is -3.82. The first-order valence-electron chi connectivity index (χ1n) is 9.36. The second kappa shape index (κ2) is 8.03. The van der Waals surface area contributed by atoms with Crippen molar-refractivity contribution in [2.24, 2.45) is 0 Å². The predicted octanol–water partition coefficient (Wildman–Crippen LogP) is 4.70. The number of fused-ring (bicyclic) bond motifs is 1. The molecule has 0 spiro atoms. The number of pyridine rings is 1. The van der Waals surface area contributed by atoms with Crippen molar-refractivity contribution >= 4 is 10.9 Å². The monoisotopic (exact) mass is 447 g/mol. The number of para-hydroxylation sites is 1. The van der Waals surface area contributed by atoms with E-state index in [2.05, 4.69) is 9.97 Å². The maximum atomic E-state index is 13.6. The summed E-state index contributed by atoms with van der Waals surface area (Å²) >= 11 is 0. The Morgan fingerprint density at radius 2 is 1.75 bits per heavy atom. The molecule has 0 amide bonds. The lowest BCUT2D eigenvalue weighted by Crippen LogP contribution is -2.27. The molecule has 4 rings (SSSR count). The largest absolute Gasteiger partial charge is 0.507 e. The van der Waals surface area contributed by atoms with Gasteiger partial charge in [0.2, 0.25) is 0 Å². The average molecular weight is 447 g/mol. The van der Waals surface area contributed by atoms with Crippen molar-refractivity contribution in [3.05, 3.63) is 88.0 Å². The molecular formula is C22H14F5N3O2. The van der Waals surface area contributed by atoms with E-state index in [9.17, 15) is 31.9 Å². The third-order valence-electron chi connectivity index (χ3n) is 4.89. The Kier molecular flexibility index (Phi) is 5.37. The van der Waals surface area contributed by atoms with E-state index in [0.29, 0.717) is 5.56 Å². The number of halogens is 5. The molecule has 0 radical (unpaired) electrons. The van der Waals surface area contributed by atoms with Gasteiger partial charge in [0.1, 0.15) is 11.6 Å². The highest BCUT2D eigenvalue weighted by Crippen LogP contribution is 2.33. The summed E-state index contributed by atoms with van der Waals surface area (Å²) < 4.78 is 68.2. The lowest BCUT2D eigenvalue weighted by atomic mass is 10.1. The summed E-state index contributed by atoms with van der Waals surface area (Å²) in [7, 11) is 0. The van der Waals surface area contributed by atoms with E-state index in [0.717, 1.165) is 22.9 Å². The molecule has 164 valence electrons. The van der Waals surface area contributed by atoms with Crippen molar-refractivity contribution in [3.63, 3.8) is 0 Å². The SMILES string of the molecule is O=c1c2c(C(F)(F)F)nccc2nc(-c2ccccc2O)n1CCc1ccc(F)c(F)c1. The van der Waals surface area contributed by atoms with Crippen LogP contribution in [0.15, 0.2) is 59.5 Å². The van der Waals surface area contributed by atoms with Gasteiger partial charge in [-0.3, -0.25) is 14.3 Å². The summed E-state index contributed by atoms with van der Waals surface area (Å²) in [5, 5.41) is 9.53. The van der Waals surface area contributed by atoms with Crippen LogP contribution in [0.2, 0.25) is 0 Å². The molecule has 1 N–H and O–H groups in total. The normalized spacial score (nSPS) is 11.8. The number of aromatic nitrogens is 3. The number of phenols is 1. The molecule has 0 unspecified atom stereocenters. The van der Waals surface area contributed by atoms with E-state index in [-0.39, 0.29) is 35.6 Å². The molecular weight excluding hydrogens is 433 g/mol. The third-order valence-corrected chi connectivity index (χ3v) is 4.89. The van der Waals surface area contributed by atoms with Gasteiger partial charge in [-0.15, -0.1) is 0 Å². The minimum Gasteiger partial charge on any atom is -0.507 e. The Balaban J connectivity index is 1.94. The number of hydrogen-bond acceptors (Lipinski definition) is 4. The highest BCUT2D eigenvalue weighted by Gasteiger charge is 2.36. The van der Waals surface area contributed by atoms with Gasteiger partial charge in [0.05, 0.1) is 16.5 Å². The topological polar surface area (TPSA) is 68.0 Å². The van der Waals surface area contributed by atoms with Crippen LogP contribution >= 0.6 is 0 Å². The van der Waals surface area contributed by atoms with Gasteiger partial charge in [-0.25, -0.2) is 13.8 Å². The van der Waals surface area contributed by atoms with Crippen LogP contribution in [0.1, 0.15) is 11.3 Å². The molecule has 0 saturated carbocycles. The molecule has 0 aliphatic heterocycles. The highest BCUT2D eigenvalue weighted by molar-refractivity contribution is 5.82. The predicted molar refractivity (Wildman–Crippen MR) is 106 cm³/mol. The van der Waals surface area contributed by atoms with Crippen LogP contribution < -0.4 is 5.56 Å². The lowest BCUT2D eigenvalue weighted by molar-refractivity contribution is -0.139. The van der Waals surface area contributed by atoms with Crippen molar-refractivity contribution in [1.29, 1.82) is 0 Å². The van der Waals surface area contributed by atoms with Gasteiger partial charge in [-0.05, 0) is 42.3 Å². The van der Waals surface area contributed by atoms with Crippen LogP contribution in [0.25, 0.3) is 22.3 Å². The summed E-state index contributed by atoms with van der Waals surface area (Å²) in [6.07, 6.45) is -4.00. The van der Waals surface area contributed by atoms with E-state index in [1.165, 1.54) is 30.3 Å². The zero-order valence-electron chi connectivity index (χ0n) is 16.2. The molecule has 5 nitrogen and oxygen atoms in total. The fraction of sp³-hybridized carbons (Fsp3) is 0.136. The summed E-state index contributed by atoms with van der Waals surface area (Å²) in [6.45, 7) is -0.206. The van der Waals surface area contributed by atoms with Gasteiger partial charge in [0, 0.05) is 12.7 Å². The van der Waals surface area contributed by atoms with E-state index in [1.54, 1.807) is 6.07 Å². The number of aromatic hydroxyl groups is 1. The quantitative estimate of drug-likeness (QED) is 0.461. The van der Waals surface area contributed by atoms with Gasteiger partial charge < -0.3 is 5.11 Å². The molecule has 0 fully saturated rings. The van der Waals surface area contributed by atoms with Crippen molar-refractivity contribution in [1.82, 2.24) is 14.5 Å². The molecule has 2 aromatic carbocycles. The molecule has 0 bridgehead atoms. The van der Waals surface area contributed by atoms with Crippen LogP contribution in [-0.4, -0.2) is 19.6 Å². The zero-order valence-corrected chi connectivity index (χ0v) is 16.2. The van der Waals surface area contributed by atoms with E-state index in [4.69, 9.17) is 0 Å². The van der Waals surface area contributed by atoms with Gasteiger partial charge in [0.15, 0.2) is 17.3 Å². The maximum absolute atomic E-state index is 13.6. The first-order chi connectivity index (χ1) is 15.2. The molecule has 32 heavy (non-hydrogen) atoms. The number of aryl methyl sites for hydroxylation is 1. The number of alkyl halides is 3. The van der Waals surface area contributed by atoms with Crippen molar-refractivity contribution in [2.75, 3.05) is 0 Å². The van der Waals surface area contributed by atoms with Gasteiger partial charge in [-0.1, -0.05) is 18.2 Å². The average Bonchev–Trinajstić information content (AvgIpc) is 2.74. The summed E-state index contributed by atoms with van der Waals surface area (Å²) in [6, 6.07) is 10.3. The molecule has 2 heterocycles. The van der Waals surface area contributed by atoms with Gasteiger partial charge >= 0.3 is 6.18 Å². The maximum Gasteiger partial charge on any atom is 0.434 e. The number of hydrogen-bond donors (Lipinski definition) is 1. The number of rotatable bonds is 4. The molecule has 0 saturated heterocycles. The highest BCUT2D eigenvalue weighted by atomic mass is 19.4. The van der Waals surface area contributed by atoms with Crippen LogP contribution in [0.5, 0.6) is 5.75 Å². The molecule has 4 aromatic rings. The second-order valence-corrected chi connectivity index (χ2v) is 6.96. The van der Waals surface area contributed by atoms with Crippen molar-refractivity contribution < 1.29 is 27.1 Å². The Labute approximate surface area is 177 Å². The summed E-state index contributed by atoms with van der Waals surface area (Å²) in [5.74, 6) is -2.43. The molecule has 2 aromatic heterocycles. The summed E-state index contributed by atoms with van der Waals surface area (Å²) in [4.78, 5) is 20.7. The van der Waals surface area contributed by atoms with E-state index in [1.807, 2.05) is 0 Å². The van der Waals surface area contributed by atoms with Crippen LogP contribution in [0.3, 0.4) is 0 Å². The number of nitrogens with zero attached hydrogens (tertiary/aromatic N) is 3. The van der Waals surface area contributed by atoms with Crippen molar-refractivity contribution in [2.45, 2.75) is 19.1 Å². The number of benzene rings is 2. The Morgan fingerprint density at radius 3 is 2.44 bits per heavy atom. The smallest absolute Gasteiger partial charge is 0.434 e. The zero-order chi connectivity index (χ0) is 23.0. The molecule has 0 aliphatic carbocycles. The lowest BCUT2D eigenvalue weighted by Gasteiger charge is -2.16. The van der Waals surface area contributed by atoms with Crippen LogP contribution in [0, 0.1) is 11.6 Å².